The van der Waals surface area contributed by atoms with Gasteiger partial charge in [0.2, 0.25) is 0 Å². The van der Waals surface area contributed by atoms with Gasteiger partial charge in [-0.2, -0.15) is 0 Å². The van der Waals surface area contributed by atoms with E-state index in [0.717, 1.165) is 36.8 Å². The van der Waals surface area contributed by atoms with Gasteiger partial charge >= 0.3 is 0 Å². The number of aryl methyl sites for hydroxylation is 1. The van der Waals surface area contributed by atoms with Gasteiger partial charge in [-0.05, 0) is 39.2 Å². The Kier molecular flexibility index (Phi) is 4.60. The largest absolute Gasteiger partial charge is 0.359 e. The van der Waals surface area contributed by atoms with E-state index in [0.29, 0.717) is 12.0 Å². The summed E-state index contributed by atoms with van der Waals surface area (Å²) >= 11 is 0. The molecule has 128 valence electrons. The zero-order valence-corrected chi connectivity index (χ0v) is 14.4. The molecule has 5 nitrogen and oxygen atoms in total. The van der Waals surface area contributed by atoms with E-state index >= 15 is 0 Å². The molecule has 5 heteroatoms. The van der Waals surface area contributed by atoms with E-state index in [9.17, 15) is 0 Å². The van der Waals surface area contributed by atoms with E-state index in [2.05, 4.69) is 26.1 Å². The Bertz CT molecular complexity index is 660. The zero-order chi connectivity index (χ0) is 16.4. The summed E-state index contributed by atoms with van der Waals surface area (Å²) in [6, 6.07) is 2.40. The molecule has 1 aliphatic carbocycles. The van der Waals surface area contributed by atoms with Gasteiger partial charge in [0.05, 0.1) is 11.7 Å². The Morgan fingerprint density at radius 3 is 2.58 bits per heavy atom. The topological polar surface area (TPSA) is 55.1 Å². The smallest absolute Gasteiger partial charge is 0.154 e. The monoisotopic (exact) mass is 326 g/mol. The van der Waals surface area contributed by atoms with Crippen molar-refractivity contribution in [3.63, 3.8) is 0 Å². The molecule has 0 N–H and O–H groups in total. The summed E-state index contributed by atoms with van der Waals surface area (Å²) in [7, 11) is 0. The van der Waals surface area contributed by atoms with Crippen LogP contribution in [-0.4, -0.2) is 26.6 Å². The van der Waals surface area contributed by atoms with Crippen LogP contribution in [0.3, 0.4) is 0 Å². The molecule has 1 saturated carbocycles. The number of rotatable bonds is 4. The maximum Gasteiger partial charge on any atom is 0.154 e. The molecule has 2 aromatic rings. The predicted molar refractivity (Wildman–Crippen MR) is 91.5 cm³/mol. The van der Waals surface area contributed by atoms with Crippen LogP contribution in [0.5, 0.6) is 0 Å². The highest BCUT2D eigenvalue weighted by molar-refractivity contribution is 5.12. The molecule has 24 heavy (non-hydrogen) atoms. The fourth-order valence-electron chi connectivity index (χ4n) is 4.13. The number of hydrogen-bond donors (Lipinski definition) is 0. The van der Waals surface area contributed by atoms with Gasteiger partial charge in [-0.3, -0.25) is 4.90 Å². The molecule has 2 aromatic heterocycles. The molecule has 0 amide bonds. The summed E-state index contributed by atoms with van der Waals surface area (Å²) in [5.41, 5.74) is 2.15. The fraction of sp³-hybridized carbons (Fsp3) is 0.632. The van der Waals surface area contributed by atoms with Crippen molar-refractivity contribution in [2.45, 2.75) is 70.4 Å². The van der Waals surface area contributed by atoms with Gasteiger partial charge in [-0.1, -0.05) is 24.4 Å². The molecular weight excluding hydrogens is 300 g/mol. The van der Waals surface area contributed by atoms with Crippen molar-refractivity contribution in [3.05, 3.63) is 41.3 Å². The van der Waals surface area contributed by atoms with Gasteiger partial charge in [0.25, 0.3) is 0 Å². The van der Waals surface area contributed by atoms with E-state index < -0.39 is 0 Å². The molecule has 0 spiro atoms. The lowest BCUT2D eigenvalue weighted by Gasteiger charge is -2.23. The molecule has 4 rings (SSSR count). The summed E-state index contributed by atoms with van der Waals surface area (Å²) in [6.45, 7) is 3.95. The fourth-order valence-corrected chi connectivity index (χ4v) is 4.13. The van der Waals surface area contributed by atoms with Crippen LogP contribution in [0.25, 0.3) is 0 Å². The second-order valence-corrected chi connectivity index (χ2v) is 7.28. The Hall–Kier alpha value is -1.75. The summed E-state index contributed by atoms with van der Waals surface area (Å²) in [5.74, 6) is 2.61. The van der Waals surface area contributed by atoms with Gasteiger partial charge in [0.15, 0.2) is 5.76 Å². The lowest BCUT2D eigenvalue weighted by molar-refractivity contribution is 0.206. The van der Waals surface area contributed by atoms with Gasteiger partial charge in [-0.15, -0.1) is 0 Å². The number of likely N-dealkylation sites (tertiary alicyclic amines) is 1. The first-order valence-electron chi connectivity index (χ1n) is 9.27. The van der Waals surface area contributed by atoms with Crippen molar-refractivity contribution < 1.29 is 4.52 Å². The molecule has 0 bridgehead atoms. The normalized spacial score (nSPS) is 23.0. The predicted octanol–water partition coefficient (Wildman–Crippen LogP) is 4.16. The third kappa shape index (κ3) is 3.36. The van der Waals surface area contributed by atoms with Crippen molar-refractivity contribution in [1.82, 2.24) is 20.0 Å². The molecule has 2 aliphatic rings. The van der Waals surface area contributed by atoms with E-state index in [-0.39, 0.29) is 0 Å². The Balaban J connectivity index is 1.42. The van der Waals surface area contributed by atoms with Crippen LogP contribution in [0.4, 0.5) is 0 Å². The van der Waals surface area contributed by atoms with E-state index in [1.54, 1.807) is 0 Å². The summed E-state index contributed by atoms with van der Waals surface area (Å²) in [4.78, 5) is 11.8. The standard InChI is InChI=1S/C19H26N4O/c1-14-10-18(24-22-14)17-8-5-9-23(17)13-15-11-20-19(21-12-15)16-6-3-2-4-7-16/h10-12,16-17H,2-9,13H2,1H3. The number of hydrogen-bond acceptors (Lipinski definition) is 5. The lowest BCUT2D eigenvalue weighted by Crippen LogP contribution is -2.22. The second kappa shape index (κ2) is 7.01. The molecule has 2 fully saturated rings. The Labute approximate surface area is 143 Å². The number of aromatic nitrogens is 3. The minimum absolute atomic E-state index is 0.337. The third-order valence-electron chi connectivity index (χ3n) is 5.42. The highest BCUT2D eigenvalue weighted by Crippen LogP contribution is 2.34. The SMILES string of the molecule is Cc1cc(C2CCCN2Cc2cnc(C3CCCCC3)nc2)on1. The van der Waals surface area contributed by atoms with Crippen LogP contribution < -0.4 is 0 Å². The van der Waals surface area contributed by atoms with Crippen molar-refractivity contribution in [2.24, 2.45) is 0 Å². The minimum atomic E-state index is 0.337. The zero-order valence-electron chi connectivity index (χ0n) is 14.4. The van der Waals surface area contributed by atoms with Gasteiger partial charge in [0, 0.05) is 36.5 Å². The first kappa shape index (κ1) is 15.8. The first-order chi connectivity index (χ1) is 11.8. The van der Waals surface area contributed by atoms with Crippen molar-refractivity contribution in [1.29, 1.82) is 0 Å². The van der Waals surface area contributed by atoms with Crippen molar-refractivity contribution in [2.75, 3.05) is 6.54 Å². The second-order valence-electron chi connectivity index (χ2n) is 7.28. The van der Waals surface area contributed by atoms with Gasteiger partial charge in [0.1, 0.15) is 5.82 Å². The van der Waals surface area contributed by atoms with Crippen LogP contribution in [0.15, 0.2) is 23.0 Å². The van der Waals surface area contributed by atoms with Crippen LogP contribution in [0.2, 0.25) is 0 Å². The molecule has 1 atom stereocenters. The van der Waals surface area contributed by atoms with E-state index in [4.69, 9.17) is 4.52 Å². The first-order valence-corrected chi connectivity index (χ1v) is 9.27. The summed E-state index contributed by atoms with van der Waals surface area (Å²) in [5, 5.41) is 4.04. The highest BCUT2D eigenvalue weighted by Gasteiger charge is 2.29. The number of nitrogens with zero attached hydrogens (tertiary/aromatic N) is 4. The molecular formula is C19H26N4O. The third-order valence-corrected chi connectivity index (χ3v) is 5.42. The molecule has 3 heterocycles. The molecule has 0 radical (unpaired) electrons. The maximum atomic E-state index is 5.49. The Morgan fingerprint density at radius 1 is 1.08 bits per heavy atom. The van der Waals surface area contributed by atoms with Gasteiger partial charge < -0.3 is 4.52 Å². The maximum absolute atomic E-state index is 5.49. The van der Waals surface area contributed by atoms with Crippen molar-refractivity contribution >= 4 is 0 Å². The quantitative estimate of drug-likeness (QED) is 0.844. The lowest BCUT2D eigenvalue weighted by atomic mass is 9.89. The van der Waals surface area contributed by atoms with Crippen molar-refractivity contribution in [3.8, 4) is 0 Å². The van der Waals surface area contributed by atoms with Crippen LogP contribution in [-0.2, 0) is 6.54 Å². The average Bonchev–Trinajstić information content (AvgIpc) is 3.25. The molecule has 0 aromatic carbocycles. The summed E-state index contributed by atoms with van der Waals surface area (Å²) in [6.07, 6.45) is 12.9. The minimum Gasteiger partial charge on any atom is -0.359 e. The van der Waals surface area contributed by atoms with Crippen LogP contribution in [0.1, 0.15) is 79.7 Å². The molecule has 1 aliphatic heterocycles. The van der Waals surface area contributed by atoms with E-state index in [1.165, 1.54) is 44.1 Å². The van der Waals surface area contributed by atoms with Crippen LogP contribution >= 0.6 is 0 Å². The highest BCUT2D eigenvalue weighted by atomic mass is 16.5. The van der Waals surface area contributed by atoms with Gasteiger partial charge in [-0.25, -0.2) is 9.97 Å². The van der Waals surface area contributed by atoms with E-state index in [1.807, 2.05) is 19.3 Å². The Morgan fingerprint density at radius 2 is 1.88 bits per heavy atom. The average molecular weight is 326 g/mol. The molecule has 1 unspecified atom stereocenters. The van der Waals surface area contributed by atoms with Crippen LogP contribution in [0, 0.1) is 6.92 Å². The molecule has 1 saturated heterocycles. The summed E-state index contributed by atoms with van der Waals surface area (Å²) < 4.78 is 5.49.